The second kappa shape index (κ2) is 9.92. The molecule has 0 unspecified atom stereocenters. The molecule has 0 spiro atoms. The van der Waals surface area contributed by atoms with Crippen molar-refractivity contribution in [3.8, 4) is 5.75 Å². The molecule has 0 bridgehead atoms. The Bertz CT molecular complexity index is 886. The number of rotatable bonds is 8. The summed E-state index contributed by atoms with van der Waals surface area (Å²) in [5.41, 5.74) is 7.22. The second-order valence-electron chi connectivity index (χ2n) is 7.61. The lowest BCUT2D eigenvalue weighted by atomic mass is 10.2. The molecule has 2 heterocycles. The average molecular weight is 417 g/mol. The third-order valence-corrected chi connectivity index (χ3v) is 5.44. The SMILES string of the molecule is COc1ccc2cc(C(=O)N3CCN(C(=O)CNCCN[C@H](C)N)CC3)n(C)c2c1. The van der Waals surface area contributed by atoms with E-state index >= 15 is 0 Å². The largest absolute Gasteiger partial charge is 0.497 e. The molecule has 9 heteroatoms. The van der Waals surface area contributed by atoms with E-state index < -0.39 is 0 Å². The molecule has 0 aliphatic carbocycles. The van der Waals surface area contributed by atoms with Crippen LogP contribution in [-0.2, 0) is 11.8 Å². The molecule has 0 radical (unpaired) electrons. The van der Waals surface area contributed by atoms with Gasteiger partial charge in [-0.2, -0.15) is 0 Å². The van der Waals surface area contributed by atoms with Crippen LogP contribution in [0.25, 0.3) is 10.9 Å². The van der Waals surface area contributed by atoms with Crippen molar-refractivity contribution < 1.29 is 14.3 Å². The van der Waals surface area contributed by atoms with Gasteiger partial charge in [-0.15, -0.1) is 0 Å². The summed E-state index contributed by atoms with van der Waals surface area (Å²) in [7, 11) is 3.52. The number of carbonyl (C=O) groups excluding carboxylic acids is 2. The summed E-state index contributed by atoms with van der Waals surface area (Å²) in [6, 6.07) is 7.69. The maximum atomic E-state index is 13.1. The van der Waals surface area contributed by atoms with Crippen molar-refractivity contribution in [1.82, 2.24) is 25.0 Å². The first-order valence-corrected chi connectivity index (χ1v) is 10.3. The van der Waals surface area contributed by atoms with E-state index in [0.29, 0.717) is 51.5 Å². The van der Waals surface area contributed by atoms with E-state index in [4.69, 9.17) is 10.5 Å². The number of piperazine rings is 1. The number of aromatic nitrogens is 1. The second-order valence-corrected chi connectivity index (χ2v) is 7.61. The number of benzene rings is 1. The fourth-order valence-corrected chi connectivity index (χ4v) is 3.66. The number of methoxy groups -OCH3 is 1. The normalized spacial score (nSPS) is 15.5. The summed E-state index contributed by atoms with van der Waals surface area (Å²) >= 11 is 0. The van der Waals surface area contributed by atoms with Crippen LogP contribution in [0.5, 0.6) is 5.75 Å². The lowest BCUT2D eigenvalue weighted by Gasteiger charge is -2.35. The van der Waals surface area contributed by atoms with Crippen molar-refractivity contribution in [3.63, 3.8) is 0 Å². The summed E-state index contributed by atoms with van der Waals surface area (Å²) in [5.74, 6) is 0.802. The molecule has 1 atom stereocenters. The van der Waals surface area contributed by atoms with Gasteiger partial charge >= 0.3 is 0 Å². The van der Waals surface area contributed by atoms with E-state index in [1.807, 2.05) is 52.6 Å². The van der Waals surface area contributed by atoms with Crippen molar-refractivity contribution in [1.29, 1.82) is 0 Å². The van der Waals surface area contributed by atoms with Crippen molar-refractivity contribution in [2.75, 3.05) is 52.9 Å². The average Bonchev–Trinajstić information content (AvgIpc) is 3.08. The minimum Gasteiger partial charge on any atom is -0.497 e. The molecule has 3 rings (SSSR count). The molecule has 30 heavy (non-hydrogen) atoms. The number of fused-ring (bicyclic) bond motifs is 1. The van der Waals surface area contributed by atoms with Crippen LogP contribution in [-0.4, -0.2) is 85.3 Å². The number of hydrogen-bond donors (Lipinski definition) is 3. The standard InChI is InChI=1S/C21H32N6O3/c1-15(22)24-7-6-23-14-20(28)26-8-10-27(11-9-26)21(29)19-12-16-4-5-17(30-3)13-18(16)25(19)2/h4-5,12-13,15,23-24H,6-11,14,22H2,1-3H3/t15-/m1/s1. The van der Waals surface area contributed by atoms with E-state index in [9.17, 15) is 9.59 Å². The molecule has 2 aromatic rings. The Morgan fingerprint density at radius 3 is 2.50 bits per heavy atom. The molecular weight excluding hydrogens is 384 g/mol. The van der Waals surface area contributed by atoms with E-state index in [-0.39, 0.29) is 18.0 Å². The molecule has 1 fully saturated rings. The van der Waals surface area contributed by atoms with E-state index in [0.717, 1.165) is 16.7 Å². The molecule has 164 valence electrons. The van der Waals surface area contributed by atoms with Gasteiger partial charge in [0.05, 0.1) is 25.3 Å². The van der Waals surface area contributed by atoms with Crippen molar-refractivity contribution >= 4 is 22.7 Å². The molecule has 1 aromatic carbocycles. The number of nitrogens with two attached hydrogens (primary N) is 1. The van der Waals surface area contributed by atoms with Gasteiger partial charge in [0.2, 0.25) is 5.91 Å². The van der Waals surface area contributed by atoms with Crippen molar-refractivity contribution in [2.45, 2.75) is 13.1 Å². The molecule has 1 aromatic heterocycles. The van der Waals surface area contributed by atoms with Crippen LogP contribution < -0.4 is 21.1 Å². The van der Waals surface area contributed by atoms with Gasteiger partial charge in [-0.3, -0.25) is 9.59 Å². The third-order valence-electron chi connectivity index (χ3n) is 5.44. The van der Waals surface area contributed by atoms with Crippen LogP contribution in [0.1, 0.15) is 17.4 Å². The van der Waals surface area contributed by atoms with Gasteiger partial charge in [0.1, 0.15) is 11.4 Å². The molecule has 1 aliphatic heterocycles. The molecular formula is C21H32N6O3. The van der Waals surface area contributed by atoms with Crippen LogP contribution in [0.2, 0.25) is 0 Å². The van der Waals surface area contributed by atoms with Crippen molar-refractivity contribution in [3.05, 3.63) is 30.0 Å². The maximum absolute atomic E-state index is 13.1. The predicted octanol–water partition coefficient (Wildman–Crippen LogP) is -0.0448. The summed E-state index contributed by atoms with van der Waals surface area (Å²) in [6.45, 7) is 5.70. The summed E-state index contributed by atoms with van der Waals surface area (Å²) in [4.78, 5) is 29.1. The number of carbonyl (C=O) groups is 2. The minimum atomic E-state index is -0.0584. The number of nitrogens with zero attached hydrogens (tertiary/aromatic N) is 3. The molecule has 9 nitrogen and oxygen atoms in total. The van der Waals surface area contributed by atoms with Crippen LogP contribution in [0.3, 0.4) is 0 Å². The molecule has 1 aliphatic rings. The fourth-order valence-electron chi connectivity index (χ4n) is 3.66. The lowest BCUT2D eigenvalue weighted by Crippen LogP contribution is -2.52. The number of nitrogens with one attached hydrogen (secondary N) is 2. The first-order chi connectivity index (χ1) is 14.4. The van der Waals surface area contributed by atoms with E-state index in [2.05, 4.69) is 10.6 Å². The minimum absolute atomic E-state index is 0.0140. The summed E-state index contributed by atoms with van der Waals surface area (Å²) in [6.07, 6.45) is -0.0584. The van der Waals surface area contributed by atoms with Crippen LogP contribution in [0.4, 0.5) is 0 Å². The Balaban J connectivity index is 1.52. The number of hydrogen-bond acceptors (Lipinski definition) is 6. The van der Waals surface area contributed by atoms with Gasteiger partial charge in [0, 0.05) is 57.8 Å². The van der Waals surface area contributed by atoms with Crippen LogP contribution in [0.15, 0.2) is 24.3 Å². The van der Waals surface area contributed by atoms with Gasteiger partial charge in [-0.05, 0) is 25.1 Å². The third kappa shape index (κ3) is 5.10. The zero-order valence-electron chi connectivity index (χ0n) is 18.0. The first kappa shape index (κ1) is 22.1. The highest BCUT2D eigenvalue weighted by Gasteiger charge is 2.26. The van der Waals surface area contributed by atoms with Gasteiger partial charge in [-0.25, -0.2) is 0 Å². The molecule has 0 saturated carbocycles. The topological polar surface area (TPSA) is 105 Å². The molecule has 2 amide bonds. The quantitative estimate of drug-likeness (QED) is 0.412. The van der Waals surface area contributed by atoms with Gasteiger partial charge in [0.25, 0.3) is 5.91 Å². The molecule has 4 N–H and O–H groups in total. The Morgan fingerprint density at radius 1 is 1.13 bits per heavy atom. The Morgan fingerprint density at radius 2 is 1.83 bits per heavy atom. The Labute approximate surface area is 177 Å². The van der Waals surface area contributed by atoms with Crippen LogP contribution >= 0.6 is 0 Å². The summed E-state index contributed by atoms with van der Waals surface area (Å²) < 4.78 is 7.19. The van der Waals surface area contributed by atoms with E-state index in [1.165, 1.54) is 0 Å². The van der Waals surface area contributed by atoms with Gasteiger partial charge in [0.15, 0.2) is 0 Å². The van der Waals surface area contributed by atoms with Crippen molar-refractivity contribution in [2.24, 2.45) is 12.8 Å². The Kier molecular flexibility index (Phi) is 7.30. The Hall–Kier alpha value is -2.62. The van der Waals surface area contributed by atoms with Gasteiger partial charge < -0.3 is 35.5 Å². The highest BCUT2D eigenvalue weighted by atomic mass is 16.5. The number of aryl methyl sites for hydroxylation is 1. The number of amides is 2. The van der Waals surface area contributed by atoms with Gasteiger partial charge in [-0.1, -0.05) is 0 Å². The fraction of sp³-hybridized carbons (Fsp3) is 0.524. The van der Waals surface area contributed by atoms with E-state index in [1.54, 1.807) is 7.11 Å². The predicted molar refractivity (Wildman–Crippen MR) is 116 cm³/mol. The lowest BCUT2D eigenvalue weighted by molar-refractivity contribution is -0.131. The zero-order chi connectivity index (χ0) is 21.7. The highest BCUT2D eigenvalue weighted by molar-refractivity contribution is 5.99. The van der Waals surface area contributed by atoms with Crippen LogP contribution in [0, 0.1) is 0 Å². The monoisotopic (exact) mass is 416 g/mol. The summed E-state index contributed by atoms with van der Waals surface area (Å²) in [5, 5.41) is 7.22. The number of ether oxygens (including phenoxy) is 1. The zero-order valence-corrected chi connectivity index (χ0v) is 18.0. The highest BCUT2D eigenvalue weighted by Crippen LogP contribution is 2.24. The first-order valence-electron chi connectivity index (χ1n) is 10.3. The maximum Gasteiger partial charge on any atom is 0.270 e. The smallest absolute Gasteiger partial charge is 0.270 e. The molecule has 1 saturated heterocycles.